The minimum absolute atomic E-state index is 0.0482. The van der Waals surface area contributed by atoms with Gasteiger partial charge in [0, 0.05) is 29.0 Å². The molecule has 1 atom stereocenters. The number of benzene rings is 1. The Bertz CT molecular complexity index is 1200. The first-order valence-electron chi connectivity index (χ1n) is 9.85. The first-order valence-corrected chi connectivity index (χ1v) is 9.85. The lowest BCUT2D eigenvalue weighted by Gasteiger charge is -2.19. The molecule has 0 radical (unpaired) electrons. The van der Waals surface area contributed by atoms with Crippen molar-refractivity contribution in [3.63, 3.8) is 0 Å². The normalized spacial score (nSPS) is 12.3. The average molecular weight is 401 g/mol. The van der Waals surface area contributed by atoms with Gasteiger partial charge >= 0.3 is 0 Å². The van der Waals surface area contributed by atoms with Crippen LogP contribution in [0.5, 0.6) is 0 Å². The van der Waals surface area contributed by atoms with Gasteiger partial charge in [-0.1, -0.05) is 30.6 Å². The number of carbonyl (C=O) groups is 1. The van der Waals surface area contributed by atoms with Crippen molar-refractivity contribution in [3.05, 3.63) is 71.5 Å². The molecule has 7 heteroatoms. The van der Waals surface area contributed by atoms with E-state index >= 15 is 0 Å². The minimum Gasteiger partial charge on any atom is -0.340 e. The van der Waals surface area contributed by atoms with E-state index in [0.717, 1.165) is 27.7 Å². The molecular formula is C23H23N5O2. The molecule has 3 heterocycles. The predicted molar refractivity (Wildman–Crippen MR) is 114 cm³/mol. The molecule has 3 aromatic heterocycles. The third kappa shape index (κ3) is 3.91. The number of hydrogen-bond donors (Lipinski definition) is 1. The van der Waals surface area contributed by atoms with Crippen LogP contribution in [0.2, 0.25) is 0 Å². The van der Waals surface area contributed by atoms with Crippen molar-refractivity contribution in [2.75, 3.05) is 0 Å². The van der Waals surface area contributed by atoms with Gasteiger partial charge in [0.15, 0.2) is 0 Å². The molecule has 1 unspecified atom stereocenters. The first-order chi connectivity index (χ1) is 14.4. The molecule has 152 valence electrons. The molecule has 1 amide bonds. The number of amides is 1. The zero-order valence-electron chi connectivity index (χ0n) is 17.4. The number of aromatic nitrogens is 4. The second kappa shape index (κ2) is 8.02. The van der Waals surface area contributed by atoms with E-state index in [0.29, 0.717) is 17.3 Å². The van der Waals surface area contributed by atoms with Gasteiger partial charge in [0.25, 0.3) is 5.91 Å². The SMILES string of the molecule is Cc1ccc2nc(C)cc(C(=O)NC(c3nc(-c4cccnc4)no3)C(C)C)c2c1. The Kier molecular flexibility index (Phi) is 5.27. The molecule has 4 rings (SSSR count). The number of nitrogens with zero attached hydrogens (tertiary/aromatic N) is 4. The fraction of sp³-hybridized carbons (Fsp3) is 0.261. The Morgan fingerprint density at radius 1 is 1.10 bits per heavy atom. The van der Waals surface area contributed by atoms with E-state index in [1.807, 2.05) is 64.1 Å². The highest BCUT2D eigenvalue weighted by atomic mass is 16.5. The van der Waals surface area contributed by atoms with Gasteiger partial charge in [-0.15, -0.1) is 0 Å². The van der Waals surface area contributed by atoms with Crippen LogP contribution < -0.4 is 5.32 Å². The molecule has 7 nitrogen and oxygen atoms in total. The van der Waals surface area contributed by atoms with E-state index in [9.17, 15) is 4.79 Å². The molecule has 1 aromatic carbocycles. The van der Waals surface area contributed by atoms with Crippen LogP contribution in [0.25, 0.3) is 22.3 Å². The van der Waals surface area contributed by atoms with Gasteiger partial charge in [-0.05, 0) is 50.1 Å². The average Bonchev–Trinajstić information content (AvgIpc) is 3.22. The number of nitrogens with one attached hydrogen (secondary N) is 1. The van der Waals surface area contributed by atoms with Crippen molar-refractivity contribution in [3.8, 4) is 11.4 Å². The minimum atomic E-state index is -0.427. The van der Waals surface area contributed by atoms with E-state index in [-0.39, 0.29) is 11.8 Å². The number of hydrogen-bond acceptors (Lipinski definition) is 6. The summed E-state index contributed by atoms with van der Waals surface area (Å²) in [7, 11) is 0. The predicted octanol–water partition coefficient (Wildman–Crippen LogP) is 4.42. The van der Waals surface area contributed by atoms with Crippen molar-refractivity contribution >= 4 is 16.8 Å². The topological polar surface area (TPSA) is 93.8 Å². The number of fused-ring (bicyclic) bond motifs is 1. The van der Waals surface area contributed by atoms with Crippen LogP contribution in [-0.2, 0) is 0 Å². The lowest BCUT2D eigenvalue weighted by Crippen LogP contribution is -2.32. The van der Waals surface area contributed by atoms with E-state index in [2.05, 4.69) is 25.4 Å². The summed E-state index contributed by atoms with van der Waals surface area (Å²) in [6.07, 6.45) is 3.36. The molecule has 0 aliphatic heterocycles. The monoisotopic (exact) mass is 401 g/mol. The van der Waals surface area contributed by atoms with Crippen LogP contribution >= 0.6 is 0 Å². The second-order valence-electron chi connectivity index (χ2n) is 7.72. The molecule has 0 bridgehead atoms. The third-order valence-electron chi connectivity index (χ3n) is 4.92. The largest absolute Gasteiger partial charge is 0.340 e. The van der Waals surface area contributed by atoms with Crippen LogP contribution in [0.1, 0.15) is 47.4 Å². The highest BCUT2D eigenvalue weighted by molar-refractivity contribution is 6.06. The standard InChI is InChI=1S/C23H23N5O2/c1-13(2)20(23-27-21(28-30-23)16-6-5-9-24-12-16)26-22(29)18-11-15(4)25-19-8-7-14(3)10-17(18)19/h5-13,20H,1-4H3,(H,26,29). The summed E-state index contributed by atoms with van der Waals surface area (Å²) in [4.78, 5) is 26.4. The van der Waals surface area contributed by atoms with Gasteiger partial charge in [-0.3, -0.25) is 14.8 Å². The quantitative estimate of drug-likeness (QED) is 0.532. The zero-order valence-corrected chi connectivity index (χ0v) is 17.4. The molecule has 4 aromatic rings. The maximum absolute atomic E-state index is 13.2. The molecule has 0 fully saturated rings. The highest BCUT2D eigenvalue weighted by Gasteiger charge is 2.26. The lowest BCUT2D eigenvalue weighted by atomic mass is 10.0. The Hall–Kier alpha value is -3.61. The fourth-order valence-corrected chi connectivity index (χ4v) is 3.37. The smallest absolute Gasteiger partial charge is 0.252 e. The van der Waals surface area contributed by atoms with Gasteiger partial charge in [-0.25, -0.2) is 0 Å². The Balaban J connectivity index is 1.66. The van der Waals surface area contributed by atoms with Crippen LogP contribution in [0, 0.1) is 19.8 Å². The lowest BCUT2D eigenvalue weighted by molar-refractivity contribution is 0.0915. The summed E-state index contributed by atoms with van der Waals surface area (Å²) in [6.45, 7) is 7.88. The van der Waals surface area contributed by atoms with Crippen molar-refractivity contribution in [2.45, 2.75) is 33.7 Å². The van der Waals surface area contributed by atoms with Crippen LogP contribution in [0.4, 0.5) is 0 Å². The van der Waals surface area contributed by atoms with Gasteiger partial charge in [0.2, 0.25) is 11.7 Å². The number of aryl methyl sites for hydroxylation is 2. The van der Waals surface area contributed by atoms with Crippen molar-refractivity contribution in [1.29, 1.82) is 0 Å². The van der Waals surface area contributed by atoms with Crippen LogP contribution in [-0.4, -0.2) is 26.0 Å². The summed E-state index contributed by atoms with van der Waals surface area (Å²) >= 11 is 0. The molecular weight excluding hydrogens is 378 g/mol. The van der Waals surface area contributed by atoms with Crippen molar-refractivity contribution in [1.82, 2.24) is 25.4 Å². The number of carbonyl (C=O) groups excluding carboxylic acids is 1. The van der Waals surface area contributed by atoms with E-state index in [4.69, 9.17) is 4.52 Å². The van der Waals surface area contributed by atoms with Gasteiger partial charge in [0.1, 0.15) is 6.04 Å². The molecule has 0 saturated heterocycles. The summed E-state index contributed by atoms with van der Waals surface area (Å²) in [5, 5.41) is 7.95. The second-order valence-corrected chi connectivity index (χ2v) is 7.72. The van der Waals surface area contributed by atoms with E-state index in [1.54, 1.807) is 12.4 Å². The van der Waals surface area contributed by atoms with Crippen molar-refractivity contribution in [2.24, 2.45) is 5.92 Å². The van der Waals surface area contributed by atoms with Crippen LogP contribution in [0.15, 0.2) is 53.3 Å². The Morgan fingerprint density at radius 3 is 2.67 bits per heavy atom. The number of pyridine rings is 2. The first kappa shape index (κ1) is 19.7. The van der Waals surface area contributed by atoms with E-state index in [1.165, 1.54) is 0 Å². The van der Waals surface area contributed by atoms with Gasteiger partial charge < -0.3 is 9.84 Å². The maximum atomic E-state index is 13.2. The molecule has 0 aliphatic rings. The highest BCUT2D eigenvalue weighted by Crippen LogP contribution is 2.25. The van der Waals surface area contributed by atoms with E-state index < -0.39 is 6.04 Å². The summed E-state index contributed by atoms with van der Waals surface area (Å²) in [5.74, 6) is 0.658. The summed E-state index contributed by atoms with van der Waals surface area (Å²) in [5.41, 5.74) is 3.99. The molecule has 30 heavy (non-hydrogen) atoms. The molecule has 0 saturated carbocycles. The fourth-order valence-electron chi connectivity index (χ4n) is 3.37. The summed E-state index contributed by atoms with van der Waals surface area (Å²) < 4.78 is 5.49. The van der Waals surface area contributed by atoms with Gasteiger partial charge in [-0.2, -0.15) is 4.98 Å². The molecule has 0 aliphatic carbocycles. The van der Waals surface area contributed by atoms with Crippen molar-refractivity contribution < 1.29 is 9.32 Å². The Labute approximate surface area is 174 Å². The molecule has 0 spiro atoms. The summed E-state index contributed by atoms with van der Waals surface area (Å²) in [6, 6.07) is 11.0. The number of rotatable bonds is 5. The van der Waals surface area contributed by atoms with Gasteiger partial charge in [0.05, 0.1) is 11.1 Å². The van der Waals surface area contributed by atoms with Crippen LogP contribution in [0.3, 0.4) is 0 Å². The zero-order chi connectivity index (χ0) is 21.3. The third-order valence-corrected chi connectivity index (χ3v) is 4.92. The Morgan fingerprint density at radius 2 is 1.93 bits per heavy atom. The maximum Gasteiger partial charge on any atom is 0.252 e. The molecule has 1 N–H and O–H groups in total.